The van der Waals surface area contributed by atoms with Crippen LogP contribution in [0, 0.1) is 0 Å². The molecule has 0 saturated carbocycles. The number of alkyl halides is 6. The SMILES string of the molecule is C=CCC(F)(F)C(F)(C(=C)C)C(F)(F)C(F)(CCC)C(=O)O. The van der Waals surface area contributed by atoms with E-state index >= 15 is 0 Å². The minimum Gasteiger partial charge on any atom is -0.479 e. The van der Waals surface area contributed by atoms with Crippen molar-refractivity contribution in [1.29, 1.82) is 0 Å². The molecular weight excluding hydrogens is 314 g/mol. The molecule has 0 fully saturated rings. The number of hydrogen-bond acceptors (Lipinski definition) is 1. The first kappa shape index (κ1) is 20.5. The summed E-state index contributed by atoms with van der Waals surface area (Å²) in [7, 11) is 0. The molecule has 0 aliphatic heterocycles. The minimum atomic E-state index is -5.54. The average Bonchev–Trinajstić information content (AvgIpc) is 2.36. The van der Waals surface area contributed by atoms with Crippen molar-refractivity contribution in [3.63, 3.8) is 0 Å². The molecule has 0 amide bonds. The van der Waals surface area contributed by atoms with Gasteiger partial charge in [-0.15, -0.1) is 6.58 Å². The number of rotatable bonds is 9. The predicted molar refractivity (Wildman–Crippen MR) is 69.7 cm³/mol. The molecule has 0 aliphatic rings. The molecule has 8 heteroatoms. The van der Waals surface area contributed by atoms with Crippen LogP contribution in [0.3, 0.4) is 0 Å². The predicted octanol–water partition coefficient (Wildman–Crippen LogP) is 4.71. The summed E-state index contributed by atoms with van der Waals surface area (Å²) in [6.45, 7) is 7.34. The van der Waals surface area contributed by atoms with Gasteiger partial charge in [0.2, 0.25) is 0 Å². The summed E-state index contributed by atoms with van der Waals surface area (Å²) in [6, 6.07) is 0. The number of allylic oxidation sites excluding steroid dienone is 2. The average molecular weight is 332 g/mol. The monoisotopic (exact) mass is 332 g/mol. The smallest absolute Gasteiger partial charge is 0.348 e. The molecule has 0 heterocycles. The summed E-state index contributed by atoms with van der Waals surface area (Å²) < 4.78 is 85.5. The lowest BCUT2D eigenvalue weighted by Crippen LogP contribution is -2.68. The third kappa shape index (κ3) is 2.75. The Morgan fingerprint density at radius 1 is 1.18 bits per heavy atom. The van der Waals surface area contributed by atoms with Crippen molar-refractivity contribution in [3.8, 4) is 0 Å². The van der Waals surface area contributed by atoms with E-state index in [0.717, 1.165) is 6.92 Å². The van der Waals surface area contributed by atoms with Crippen LogP contribution >= 0.6 is 0 Å². The fourth-order valence-electron chi connectivity index (χ4n) is 2.15. The second-order valence-electron chi connectivity index (χ2n) is 5.07. The van der Waals surface area contributed by atoms with Gasteiger partial charge in [0.05, 0.1) is 0 Å². The van der Waals surface area contributed by atoms with E-state index in [1.54, 1.807) is 0 Å². The van der Waals surface area contributed by atoms with Crippen LogP contribution < -0.4 is 0 Å². The molecule has 0 saturated heterocycles. The Morgan fingerprint density at radius 3 is 1.91 bits per heavy atom. The standard InChI is InChI=1S/C14H18F6O2/c1-5-7-11(15,10(21)22)14(19,20)13(18,9(3)4)12(16,17)8-6-2/h6H,2-3,5,7-8H2,1,4H3,(H,21,22). The molecule has 128 valence electrons. The van der Waals surface area contributed by atoms with Crippen molar-refractivity contribution in [2.75, 3.05) is 0 Å². The van der Waals surface area contributed by atoms with Crippen molar-refractivity contribution in [2.45, 2.75) is 56.3 Å². The molecule has 0 radical (unpaired) electrons. The van der Waals surface area contributed by atoms with Crippen LogP contribution in [0.15, 0.2) is 24.8 Å². The van der Waals surface area contributed by atoms with Crippen LogP contribution in [-0.2, 0) is 4.79 Å². The van der Waals surface area contributed by atoms with Gasteiger partial charge in [-0.1, -0.05) is 26.0 Å². The number of hydrogen-bond donors (Lipinski definition) is 1. The lowest BCUT2D eigenvalue weighted by Gasteiger charge is -2.43. The quantitative estimate of drug-likeness (QED) is 0.490. The molecule has 2 atom stereocenters. The van der Waals surface area contributed by atoms with E-state index in [1.165, 1.54) is 0 Å². The minimum absolute atomic E-state index is 0.419. The molecular formula is C14H18F6O2. The summed E-state index contributed by atoms with van der Waals surface area (Å²) in [5.41, 5.74) is -10.7. The molecule has 0 rings (SSSR count). The fourth-order valence-corrected chi connectivity index (χ4v) is 2.15. The first-order chi connectivity index (χ1) is 9.76. The lowest BCUT2D eigenvalue weighted by molar-refractivity contribution is -0.276. The van der Waals surface area contributed by atoms with Crippen LogP contribution in [0.4, 0.5) is 26.3 Å². The van der Waals surface area contributed by atoms with Gasteiger partial charge >= 0.3 is 11.9 Å². The third-order valence-corrected chi connectivity index (χ3v) is 3.36. The van der Waals surface area contributed by atoms with E-state index in [2.05, 4.69) is 13.2 Å². The summed E-state index contributed by atoms with van der Waals surface area (Å²) in [5, 5.41) is 8.72. The largest absolute Gasteiger partial charge is 0.479 e. The number of halogens is 6. The Labute approximate surface area is 124 Å². The van der Waals surface area contributed by atoms with E-state index in [0.29, 0.717) is 13.0 Å². The van der Waals surface area contributed by atoms with E-state index < -0.39 is 54.0 Å². The van der Waals surface area contributed by atoms with E-state index in [1.807, 2.05) is 0 Å². The van der Waals surface area contributed by atoms with Crippen LogP contribution in [0.1, 0.15) is 33.1 Å². The first-order valence-electron chi connectivity index (χ1n) is 6.40. The maximum Gasteiger partial charge on any atom is 0.348 e. The van der Waals surface area contributed by atoms with Gasteiger partial charge in [0, 0.05) is 6.42 Å². The van der Waals surface area contributed by atoms with Gasteiger partial charge < -0.3 is 5.11 Å². The summed E-state index contributed by atoms with van der Waals surface area (Å²) in [4.78, 5) is 10.9. The molecule has 22 heavy (non-hydrogen) atoms. The van der Waals surface area contributed by atoms with Gasteiger partial charge in [-0.25, -0.2) is 22.4 Å². The molecule has 2 nitrogen and oxygen atoms in total. The van der Waals surface area contributed by atoms with Crippen molar-refractivity contribution >= 4 is 5.97 Å². The molecule has 0 bridgehead atoms. The third-order valence-electron chi connectivity index (χ3n) is 3.36. The van der Waals surface area contributed by atoms with Gasteiger partial charge in [0.1, 0.15) is 0 Å². The highest BCUT2D eigenvalue weighted by Crippen LogP contribution is 2.56. The van der Waals surface area contributed by atoms with E-state index in [4.69, 9.17) is 5.11 Å². The van der Waals surface area contributed by atoms with Crippen LogP contribution in [-0.4, -0.2) is 34.3 Å². The number of aliphatic carboxylic acids is 1. The zero-order valence-corrected chi connectivity index (χ0v) is 12.2. The zero-order chi connectivity index (χ0) is 18.0. The second-order valence-corrected chi connectivity index (χ2v) is 5.07. The Morgan fingerprint density at radius 2 is 1.64 bits per heavy atom. The Balaban J connectivity index is 6.42. The van der Waals surface area contributed by atoms with Crippen molar-refractivity contribution in [1.82, 2.24) is 0 Å². The zero-order valence-electron chi connectivity index (χ0n) is 12.2. The molecule has 0 aromatic heterocycles. The molecule has 0 aliphatic carbocycles. The van der Waals surface area contributed by atoms with Crippen molar-refractivity contribution in [2.24, 2.45) is 0 Å². The Kier molecular flexibility index (Phi) is 5.91. The molecule has 2 unspecified atom stereocenters. The fraction of sp³-hybridized carbons (Fsp3) is 0.643. The first-order valence-corrected chi connectivity index (χ1v) is 6.40. The Bertz CT molecular complexity index is 462. The van der Waals surface area contributed by atoms with Gasteiger partial charge in [-0.3, -0.25) is 0 Å². The van der Waals surface area contributed by atoms with Crippen molar-refractivity contribution < 1.29 is 36.2 Å². The highest BCUT2D eigenvalue weighted by atomic mass is 19.3. The van der Waals surface area contributed by atoms with Gasteiger partial charge in [-0.2, -0.15) is 8.78 Å². The molecule has 0 aromatic carbocycles. The number of carbonyl (C=O) groups is 1. The van der Waals surface area contributed by atoms with Crippen molar-refractivity contribution in [3.05, 3.63) is 24.8 Å². The van der Waals surface area contributed by atoms with Crippen LogP contribution in [0.2, 0.25) is 0 Å². The highest BCUT2D eigenvalue weighted by molar-refractivity contribution is 5.79. The van der Waals surface area contributed by atoms with Gasteiger partial charge in [-0.05, 0) is 18.9 Å². The maximum atomic E-state index is 14.7. The lowest BCUT2D eigenvalue weighted by atomic mass is 9.74. The second kappa shape index (κ2) is 6.34. The molecule has 0 spiro atoms. The number of carboxylic acid groups (broad SMARTS) is 1. The maximum absolute atomic E-state index is 14.7. The van der Waals surface area contributed by atoms with E-state index in [-0.39, 0.29) is 0 Å². The van der Waals surface area contributed by atoms with Gasteiger partial charge in [0.15, 0.2) is 0 Å². The molecule has 0 aromatic rings. The molecule has 1 N–H and O–H groups in total. The normalized spacial score (nSPS) is 18.2. The van der Waals surface area contributed by atoms with E-state index in [9.17, 15) is 31.1 Å². The van der Waals surface area contributed by atoms with Gasteiger partial charge in [0.25, 0.3) is 17.3 Å². The highest BCUT2D eigenvalue weighted by Gasteiger charge is 2.79. The summed E-state index contributed by atoms with van der Waals surface area (Å²) in [5.74, 6) is -13.0. The Hall–Kier alpha value is -1.47. The summed E-state index contributed by atoms with van der Waals surface area (Å²) >= 11 is 0. The van der Waals surface area contributed by atoms with Crippen LogP contribution in [0.25, 0.3) is 0 Å². The number of carboxylic acids is 1. The topological polar surface area (TPSA) is 37.3 Å². The summed E-state index contributed by atoms with van der Waals surface area (Å²) in [6.07, 6.45) is -2.81. The van der Waals surface area contributed by atoms with Crippen LogP contribution in [0.5, 0.6) is 0 Å².